The lowest BCUT2D eigenvalue weighted by molar-refractivity contribution is -0.111. The minimum atomic E-state index is -0.770. The third-order valence-corrected chi connectivity index (χ3v) is 3.88. The van der Waals surface area contributed by atoms with Gasteiger partial charge in [0.2, 0.25) is 0 Å². The Labute approximate surface area is 135 Å². The van der Waals surface area contributed by atoms with Gasteiger partial charge in [-0.05, 0) is 49.3 Å². The van der Waals surface area contributed by atoms with E-state index in [1.165, 1.54) is 12.1 Å². The van der Waals surface area contributed by atoms with Crippen molar-refractivity contribution in [3.8, 4) is 0 Å². The van der Waals surface area contributed by atoms with Crippen molar-refractivity contribution in [2.45, 2.75) is 12.8 Å². The molecule has 0 spiro atoms. The van der Waals surface area contributed by atoms with E-state index in [0.717, 1.165) is 36.4 Å². The lowest BCUT2D eigenvalue weighted by atomic mass is 10.1. The molecule has 5 heteroatoms. The van der Waals surface area contributed by atoms with Crippen molar-refractivity contribution in [2.24, 2.45) is 0 Å². The molecule has 1 aliphatic carbocycles. The Kier molecular flexibility index (Phi) is 4.34. The van der Waals surface area contributed by atoms with Crippen LogP contribution in [0.15, 0.2) is 47.5 Å². The number of carbonyl (C=O) groups excluding carboxylic acids is 1. The molecule has 0 aliphatic heterocycles. The molecule has 0 atom stereocenters. The quantitative estimate of drug-likeness (QED) is 0.554. The zero-order valence-corrected chi connectivity index (χ0v) is 12.5. The highest BCUT2D eigenvalue weighted by Crippen LogP contribution is 2.31. The monoisotopic (exact) mass is 332 g/mol. The number of rotatable bonds is 2. The Hall–Kier alpha value is -2.69. The summed E-state index contributed by atoms with van der Waals surface area (Å²) in [5.41, 5.74) is -0.165. The maximum absolute atomic E-state index is 13.7. The summed E-state index contributed by atoms with van der Waals surface area (Å²) in [6.07, 6.45) is 2.83. The highest BCUT2D eigenvalue weighted by Gasteiger charge is 2.24. The Morgan fingerprint density at radius 1 is 0.667 bits per heavy atom. The maximum Gasteiger partial charge on any atom is 0.185 e. The number of benzene rings is 2. The fourth-order valence-corrected chi connectivity index (χ4v) is 2.62. The second kappa shape index (κ2) is 6.43. The van der Waals surface area contributed by atoms with Crippen molar-refractivity contribution < 1.29 is 22.4 Å². The van der Waals surface area contributed by atoms with Gasteiger partial charge in [0, 0.05) is 22.3 Å². The zero-order valence-electron chi connectivity index (χ0n) is 12.5. The Balaban J connectivity index is 1.96. The van der Waals surface area contributed by atoms with Crippen LogP contribution in [0.4, 0.5) is 17.6 Å². The van der Waals surface area contributed by atoms with Crippen molar-refractivity contribution in [2.75, 3.05) is 0 Å². The molecule has 0 radical (unpaired) electrons. The van der Waals surface area contributed by atoms with Crippen molar-refractivity contribution in [3.63, 3.8) is 0 Å². The predicted molar refractivity (Wildman–Crippen MR) is 82.9 cm³/mol. The molecule has 1 fully saturated rings. The van der Waals surface area contributed by atoms with E-state index in [1.54, 1.807) is 0 Å². The molecule has 1 nitrogen and oxygen atoms in total. The Morgan fingerprint density at radius 2 is 1.00 bits per heavy atom. The van der Waals surface area contributed by atoms with E-state index in [2.05, 4.69) is 0 Å². The van der Waals surface area contributed by atoms with Crippen LogP contribution >= 0.6 is 0 Å². The molecule has 1 saturated carbocycles. The molecule has 2 aromatic carbocycles. The van der Waals surface area contributed by atoms with E-state index in [-0.39, 0.29) is 35.1 Å². The standard InChI is InChI=1S/C19H12F4O/c20-15-3-1-4-16(21)13(15)9-11-7-8-12(19(11)24)10-14-17(22)5-2-6-18(14)23/h1-6,9-10H,7-8H2/b11-9+,12-10+. The highest BCUT2D eigenvalue weighted by molar-refractivity contribution is 6.15. The molecule has 122 valence electrons. The largest absolute Gasteiger partial charge is 0.289 e. The minimum absolute atomic E-state index is 0.210. The van der Waals surface area contributed by atoms with Gasteiger partial charge in [0.15, 0.2) is 5.78 Å². The maximum atomic E-state index is 13.7. The van der Waals surface area contributed by atoms with Gasteiger partial charge >= 0.3 is 0 Å². The Bertz CT molecular complexity index is 769. The van der Waals surface area contributed by atoms with E-state index in [1.807, 2.05) is 0 Å². The van der Waals surface area contributed by atoms with Crippen LogP contribution in [-0.4, -0.2) is 5.78 Å². The zero-order chi connectivity index (χ0) is 17.3. The van der Waals surface area contributed by atoms with E-state index < -0.39 is 29.1 Å². The van der Waals surface area contributed by atoms with Crippen molar-refractivity contribution >= 4 is 17.9 Å². The topological polar surface area (TPSA) is 17.1 Å². The average Bonchev–Trinajstić information content (AvgIpc) is 2.87. The molecule has 3 rings (SSSR count). The average molecular weight is 332 g/mol. The van der Waals surface area contributed by atoms with Crippen LogP contribution in [0.5, 0.6) is 0 Å². The van der Waals surface area contributed by atoms with E-state index in [0.29, 0.717) is 0 Å². The highest BCUT2D eigenvalue weighted by atomic mass is 19.1. The summed E-state index contributed by atoms with van der Waals surface area (Å²) in [5.74, 6) is -3.54. The lowest BCUT2D eigenvalue weighted by Gasteiger charge is -2.02. The second-order valence-electron chi connectivity index (χ2n) is 5.44. The summed E-state index contributed by atoms with van der Waals surface area (Å²) in [7, 11) is 0. The molecule has 1 aliphatic rings. The van der Waals surface area contributed by atoms with Crippen LogP contribution in [0.25, 0.3) is 12.2 Å². The van der Waals surface area contributed by atoms with Crippen LogP contribution in [0.2, 0.25) is 0 Å². The first-order valence-corrected chi connectivity index (χ1v) is 7.31. The number of Topliss-reactive ketones (excluding diaryl/α,β-unsaturated/α-hetero) is 1. The Morgan fingerprint density at radius 3 is 1.33 bits per heavy atom. The van der Waals surface area contributed by atoms with Gasteiger partial charge in [-0.3, -0.25) is 4.79 Å². The fourth-order valence-electron chi connectivity index (χ4n) is 2.62. The van der Waals surface area contributed by atoms with Crippen LogP contribution in [0.3, 0.4) is 0 Å². The fraction of sp³-hybridized carbons (Fsp3) is 0.105. The third-order valence-electron chi connectivity index (χ3n) is 3.88. The van der Waals surface area contributed by atoms with E-state index in [4.69, 9.17) is 0 Å². The van der Waals surface area contributed by atoms with Crippen LogP contribution in [0, 0.1) is 23.3 Å². The first kappa shape index (κ1) is 16.2. The molecule has 2 aromatic rings. The smallest absolute Gasteiger partial charge is 0.185 e. The first-order chi connectivity index (χ1) is 11.5. The number of carbonyl (C=O) groups is 1. The van der Waals surface area contributed by atoms with Crippen LogP contribution in [0.1, 0.15) is 24.0 Å². The van der Waals surface area contributed by atoms with Crippen molar-refractivity contribution in [1.29, 1.82) is 0 Å². The molecule has 0 heterocycles. The molecule has 0 bridgehead atoms. The molecule has 24 heavy (non-hydrogen) atoms. The summed E-state index contributed by atoms with van der Waals surface area (Å²) in [6.45, 7) is 0. The van der Waals surface area contributed by atoms with Gasteiger partial charge in [0.1, 0.15) is 23.3 Å². The van der Waals surface area contributed by atoms with Gasteiger partial charge in [-0.1, -0.05) is 12.1 Å². The number of halogens is 4. The normalized spacial score (nSPS) is 17.9. The lowest BCUT2D eigenvalue weighted by Crippen LogP contribution is -1.98. The van der Waals surface area contributed by atoms with Crippen LogP contribution < -0.4 is 0 Å². The van der Waals surface area contributed by atoms with E-state index in [9.17, 15) is 22.4 Å². The molecule has 0 amide bonds. The van der Waals surface area contributed by atoms with Crippen molar-refractivity contribution in [3.05, 3.63) is 81.9 Å². The van der Waals surface area contributed by atoms with Crippen LogP contribution in [-0.2, 0) is 4.79 Å². The number of hydrogen-bond acceptors (Lipinski definition) is 1. The van der Waals surface area contributed by atoms with Gasteiger partial charge in [-0.2, -0.15) is 0 Å². The summed E-state index contributed by atoms with van der Waals surface area (Å²) in [6, 6.07) is 6.85. The molecule has 0 N–H and O–H groups in total. The molecule has 0 unspecified atom stereocenters. The van der Waals surface area contributed by atoms with Gasteiger partial charge in [0.25, 0.3) is 0 Å². The van der Waals surface area contributed by atoms with Gasteiger partial charge < -0.3 is 0 Å². The first-order valence-electron chi connectivity index (χ1n) is 7.31. The summed E-state index contributed by atoms with van der Waals surface area (Å²) in [5, 5.41) is 0. The molecule has 0 saturated heterocycles. The number of allylic oxidation sites excluding steroid dienone is 2. The predicted octanol–water partition coefficient (Wildman–Crippen LogP) is 5.07. The van der Waals surface area contributed by atoms with E-state index >= 15 is 0 Å². The summed E-state index contributed by atoms with van der Waals surface area (Å²) >= 11 is 0. The molecular formula is C19H12F4O. The second-order valence-corrected chi connectivity index (χ2v) is 5.44. The number of hydrogen-bond donors (Lipinski definition) is 0. The molecule has 0 aromatic heterocycles. The van der Waals surface area contributed by atoms with Gasteiger partial charge in [-0.25, -0.2) is 17.6 Å². The summed E-state index contributed by atoms with van der Waals surface area (Å²) < 4.78 is 54.7. The van der Waals surface area contributed by atoms with Gasteiger partial charge in [0.05, 0.1) is 0 Å². The minimum Gasteiger partial charge on any atom is -0.289 e. The van der Waals surface area contributed by atoms with Gasteiger partial charge in [-0.15, -0.1) is 0 Å². The SMILES string of the molecule is O=C1/C(=C/c2c(F)cccc2F)CC/C1=C\c1c(F)cccc1F. The third kappa shape index (κ3) is 3.02. The molecular weight excluding hydrogens is 320 g/mol. The number of ketones is 1. The van der Waals surface area contributed by atoms with Crippen molar-refractivity contribution in [1.82, 2.24) is 0 Å². The summed E-state index contributed by atoms with van der Waals surface area (Å²) in [4.78, 5) is 12.3.